The predicted molar refractivity (Wildman–Crippen MR) is 115 cm³/mol. The van der Waals surface area contributed by atoms with E-state index in [0.717, 1.165) is 24.8 Å². The SMILES string of the molecule is CCCCCN(C(=O)O)c1cccc(CO/N=C(/c2ccccc2)c2nnnn2C)n1. The fourth-order valence-corrected chi connectivity index (χ4v) is 2.94. The average molecular weight is 423 g/mol. The lowest BCUT2D eigenvalue weighted by Crippen LogP contribution is -2.31. The van der Waals surface area contributed by atoms with Crippen LogP contribution in [0.2, 0.25) is 0 Å². The number of amides is 1. The molecule has 10 nitrogen and oxygen atoms in total. The van der Waals surface area contributed by atoms with Crippen LogP contribution in [0.1, 0.15) is 43.3 Å². The number of anilines is 1. The molecule has 0 fully saturated rings. The molecule has 0 saturated heterocycles. The van der Waals surface area contributed by atoms with Gasteiger partial charge in [0.25, 0.3) is 0 Å². The molecule has 31 heavy (non-hydrogen) atoms. The summed E-state index contributed by atoms with van der Waals surface area (Å²) in [5.41, 5.74) is 1.84. The van der Waals surface area contributed by atoms with Crippen LogP contribution in [-0.4, -0.2) is 48.6 Å². The van der Waals surface area contributed by atoms with Gasteiger partial charge in [-0.15, -0.1) is 5.10 Å². The van der Waals surface area contributed by atoms with Crippen LogP contribution >= 0.6 is 0 Å². The monoisotopic (exact) mass is 423 g/mol. The van der Waals surface area contributed by atoms with Gasteiger partial charge >= 0.3 is 6.09 Å². The van der Waals surface area contributed by atoms with Crippen LogP contribution in [0.25, 0.3) is 0 Å². The van der Waals surface area contributed by atoms with Gasteiger partial charge in [-0.05, 0) is 29.0 Å². The van der Waals surface area contributed by atoms with Crippen molar-refractivity contribution in [3.63, 3.8) is 0 Å². The van der Waals surface area contributed by atoms with Crippen LogP contribution < -0.4 is 4.90 Å². The summed E-state index contributed by atoms with van der Waals surface area (Å²) >= 11 is 0. The van der Waals surface area contributed by atoms with Gasteiger partial charge in [-0.25, -0.2) is 14.5 Å². The first-order chi connectivity index (χ1) is 15.1. The molecular formula is C21H25N7O3. The summed E-state index contributed by atoms with van der Waals surface area (Å²) in [7, 11) is 1.72. The fraction of sp³-hybridized carbons (Fsp3) is 0.333. The van der Waals surface area contributed by atoms with Crippen LogP contribution in [0.3, 0.4) is 0 Å². The molecule has 0 radical (unpaired) electrons. The van der Waals surface area contributed by atoms with Crippen molar-refractivity contribution in [2.75, 3.05) is 11.4 Å². The first-order valence-electron chi connectivity index (χ1n) is 10.0. The summed E-state index contributed by atoms with van der Waals surface area (Å²) in [6, 6.07) is 14.6. The fourth-order valence-electron chi connectivity index (χ4n) is 2.94. The highest BCUT2D eigenvalue weighted by Gasteiger charge is 2.17. The minimum atomic E-state index is -1.03. The van der Waals surface area contributed by atoms with E-state index in [4.69, 9.17) is 4.84 Å². The number of carbonyl (C=O) groups is 1. The van der Waals surface area contributed by atoms with Crippen LogP contribution in [-0.2, 0) is 18.5 Å². The Bertz CT molecular complexity index is 1020. The largest absolute Gasteiger partial charge is 0.465 e. The summed E-state index contributed by atoms with van der Waals surface area (Å²) in [4.78, 5) is 22.9. The van der Waals surface area contributed by atoms with E-state index in [1.54, 1.807) is 25.2 Å². The maximum absolute atomic E-state index is 11.6. The number of hydrogen-bond donors (Lipinski definition) is 1. The molecule has 162 valence electrons. The normalized spacial score (nSPS) is 11.4. The Labute approximate surface area is 180 Å². The minimum absolute atomic E-state index is 0.0673. The molecule has 2 aromatic heterocycles. The van der Waals surface area contributed by atoms with E-state index in [2.05, 4.69) is 32.6 Å². The van der Waals surface area contributed by atoms with Crippen LogP contribution in [0.5, 0.6) is 0 Å². The zero-order valence-electron chi connectivity index (χ0n) is 17.5. The topological polar surface area (TPSA) is 119 Å². The van der Waals surface area contributed by atoms with Crippen molar-refractivity contribution in [1.82, 2.24) is 25.2 Å². The minimum Gasteiger partial charge on any atom is -0.465 e. The molecule has 1 amide bonds. The number of hydrogen-bond acceptors (Lipinski definition) is 7. The number of aromatic nitrogens is 5. The summed E-state index contributed by atoms with van der Waals surface area (Å²) < 4.78 is 1.51. The number of carboxylic acid groups (broad SMARTS) is 1. The second-order valence-electron chi connectivity index (χ2n) is 6.83. The van der Waals surface area contributed by atoms with Crippen molar-refractivity contribution < 1.29 is 14.7 Å². The van der Waals surface area contributed by atoms with E-state index in [0.29, 0.717) is 29.6 Å². The molecule has 0 aliphatic rings. The Hall–Kier alpha value is -3.82. The van der Waals surface area contributed by atoms with E-state index < -0.39 is 6.09 Å². The first kappa shape index (κ1) is 21.9. The summed E-state index contributed by atoms with van der Waals surface area (Å²) in [6.07, 6.45) is 1.72. The van der Waals surface area contributed by atoms with Crippen molar-refractivity contribution >= 4 is 17.6 Å². The molecule has 1 aromatic carbocycles. The highest BCUT2D eigenvalue weighted by atomic mass is 16.6. The Morgan fingerprint density at radius 2 is 1.97 bits per heavy atom. The Morgan fingerprint density at radius 3 is 2.65 bits per heavy atom. The standard InChI is InChI=1S/C21H25N7O3/c1-3-4-8-14-28(21(29)30)18-13-9-12-17(22-18)15-31-24-19(16-10-6-5-7-11-16)20-23-25-26-27(20)2/h5-7,9-13H,3-4,8,14-15H2,1-2H3,(H,29,30)/b24-19-. The summed E-state index contributed by atoms with van der Waals surface area (Å²) in [5.74, 6) is 0.829. The molecule has 0 spiro atoms. The van der Waals surface area contributed by atoms with Gasteiger partial charge in [0, 0.05) is 19.2 Å². The van der Waals surface area contributed by atoms with Gasteiger partial charge in [-0.2, -0.15) is 0 Å². The number of unbranched alkanes of at least 4 members (excludes halogenated alkanes) is 2. The zero-order valence-corrected chi connectivity index (χ0v) is 17.5. The van der Waals surface area contributed by atoms with Gasteiger partial charge in [0.15, 0.2) is 12.3 Å². The zero-order chi connectivity index (χ0) is 22.1. The van der Waals surface area contributed by atoms with Crippen molar-refractivity contribution in [1.29, 1.82) is 0 Å². The summed E-state index contributed by atoms with van der Waals surface area (Å²) in [5, 5.41) is 25.3. The maximum Gasteiger partial charge on any atom is 0.413 e. The van der Waals surface area contributed by atoms with Crippen molar-refractivity contribution in [2.24, 2.45) is 12.2 Å². The lowest BCUT2D eigenvalue weighted by molar-refractivity contribution is 0.128. The highest BCUT2D eigenvalue weighted by Crippen LogP contribution is 2.15. The Balaban J connectivity index is 1.76. The molecule has 3 rings (SSSR count). The number of nitrogens with zero attached hydrogens (tertiary/aromatic N) is 7. The molecule has 0 aliphatic heterocycles. The molecular weight excluding hydrogens is 398 g/mol. The first-order valence-corrected chi connectivity index (χ1v) is 10.0. The van der Waals surface area contributed by atoms with Gasteiger partial charge in [-0.3, -0.25) is 4.90 Å². The van der Waals surface area contributed by atoms with E-state index in [1.807, 2.05) is 30.3 Å². The van der Waals surface area contributed by atoms with E-state index in [9.17, 15) is 9.90 Å². The third-order valence-corrected chi connectivity index (χ3v) is 4.53. The molecule has 3 aromatic rings. The van der Waals surface area contributed by atoms with Gasteiger partial charge in [-0.1, -0.05) is 61.3 Å². The Kier molecular flexibility index (Phi) is 7.63. The van der Waals surface area contributed by atoms with Crippen LogP contribution in [0.4, 0.5) is 10.6 Å². The van der Waals surface area contributed by atoms with E-state index in [1.165, 1.54) is 9.58 Å². The average Bonchev–Trinajstić information content (AvgIpc) is 3.20. The second-order valence-corrected chi connectivity index (χ2v) is 6.83. The number of pyridine rings is 1. The molecule has 10 heteroatoms. The molecule has 2 heterocycles. The quantitative estimate of drug-likeness (QED) is 0.302. The molecule has 0 bridgehead atoms. The van der Waals surface area contributed by atoms with E-state index in [-0.39, 0.29) is 6.61 Å². The van der Waals surface area contributed by atoms with Gasteiger partial charge in [0.2, 0.25) is 5.82 Å². The number of benzene rings is 1. The lowest BCUT2D eigenvalue weighted by atomic mass is 10.1. The van der Waals surface area contributed by atoms with Gasteiger partial charge in [0.05, 0.1) is 5.69 Å². The van der Waals surface area contributed by atoms with Crippen molar-refractivity contribution in [3.8, 4) is 0 Å². The number of oxime groups is 1. The third kappa shape index (κ3) is 5.84. The third-order valence-electron chi connectivity index (χ3n) is 4.53. The maximum atomic E-state index is 11.6. The number of tetrazole rings is 1. The van der Waals surface area contributed by atoms with Crippen molar-refractivity contribution in [2.45, 2.75) is 32.8 Å². The molecule has 1 N–H and O–H groups in total. The number of aryl methyl sites for hydroxylation is 1. The van der Waals surface area contributed by atoms with Crippen molar-refractivity contribution in [3.05, 3.63) is 65.6 Å². The molecule has 0 atom stereocenters. The second kappa shape index (κ2) is 10.8. The predicted octanol–water partition coefficient (Wildman–Crippen LogP) is 3.25. The van der Waals surface area contributed by atoms with E-state index >= 15 is 0 Å². The summed E-state index contributed by atoms with van der Waals surface area (Å²) in [6.45, 7) is 2.54. The number of rotatable bonds is 10. The van der Waals surface area contributed by atoms with Gasteiger partial charge in [0.1, 0.15) is 5.82 Å². The molecule has 0 unspecified atom stereocenters. The molecule has 0 saturated carbocycles. The van der Waals surface area contributed by atoms with Crippen LogP contribution in [0.15, 0.2) is 53.7 Å². The van der Waals surface area contributed by atoms with Gasteiger partial charge < -0.3 is 9.94 Å². The lowest BCUT2D eigenvalue weighted by Gasteiger charge is -2.18. The van der Waals surface area contributed by atoms with Crippen LogP contribution in [0, 0.1) is 0 Å². The smallest absolute Gasteiger partial charge is 0.413 e. The molecule has 0 aliphatic carbocycles. The Morgan fingerprint density at radius 1 is 1.16 bits per heavy atom. The highest BCUT2D eigenvalue weighted by molar-refractivity contribution is 6.10.